The van der Waals surface area contributed by atoms with Crippen molar-refractivity contribution in [3.63, 3.8) is 0 Å². The van der Waals surface area contributed by atoms with Gasteiger partial charge in [0.1, 0.15) is 5.75 Å². The van der Waals surface area contributed by atoms with Crippen LogP contribution in [-0.4, -0.2) is 20.7 Å². The lowest BCUT2D eigenvalue weighted by molar-refractivity contribution is 0.341. The molecule has 1 atom stereocenters. The van der Waals surface area contributed by atoms with Gasteiger partial charge in [0.2, 0.25) is 0 Å². The van der Waals surface area contributed by atoms with Crippen molar-refractivity contribution in [1.29, 1.82) is 0 Å². The van der Waals surface area contributed by atoms with Crippen molar-refractivity contribution in [1.82, 2.24) is 0 Å². The van der Waals surface area contributed by atoms with E-state index in [1.807, 2.05) is 25.1 Å². The van der Waals surface area contributed by atoms with Crippen molar-refractivity contribution < 1.29 is 4.74 Å². The Labute approximate surface area is 127 Å². The van der Waals surface area contributed by atoms with Crippen molar-refractivity contribution in [2.45, 2.75) is 19.9 Å². The highest BCUT2D eigenvalue weighted by Crippen LogP contribution is 2.28. The zero-order valence-electron chi connectivity index (χ0n) is 13.3. The van der Waals surface area contributed by atoms with Crippen LogP contribution in [0.1, 0.15) is 25.5 Å². The molecule has 21 heavy (non-hydrogen) atoms. The van der Waals surface area contributed by atoms with E-state index in [1.165, 1.54) is 11.3 Å². The summed E-state index contributed by atoms with van der Waals surface area (Å²) in [6.07, 6.45) is 0. The number of anilines is 2. The normalized spacial score (nSPS) is 11.8. The molecule has 0 heterocycles. The van der Waals surface area contributed by atoms with Gasteiger partial charge >= 0.3 is 0 Å². The van der Waals surface area contributed by atoms with Crippen LogP contribution in [0.2, 0.25) is 0 Å². The Balaban J connectivity index is 2.12. The third-order valence-corrected chi connectivity index (χ3v) is 3.47. The smallest absolute Gasteiger partial charge is 0.142 e. The van der Waals surface area contributed by atoms with E-state index in [2.05, 4.69) is 61.6 Å². The van der Waals surface area contributed by atoms with Crippen LogP contribution < -0.4 is 15.0 Å². The minimum absolute atomic E-state index is 0.225. The van der Waals surface area contributed by atoms with Crippen molar-refractivity contribution in [3.8, 4) is 5.75 Å². The summed E-state index contributed by atoms with van der Waals surface area (Å²) in [5, 5.41) is 3.52. The molecule has 1 unspecified atom stereocenters. The maximum absolute atomic E-state index is 5.66. The lowest BCUT2D eigenvalue weighted by atomic mass is 10.1. The molecule has 0 amide bonds. The number of hydrogen-bond acceptors (Lipinski definition) is 3. The van der Waals surface area contributed by atoms with Crippen LogP contribution in [-0.2, 0) is 0 Å². The molecular weight excluding hydrogens is 260 g/mol. The van der Waals surface area contributed by atoms with Crippen molar-refractivity contribution in [2.75, 3.05) is 30.9 Å². The average molecular weight is 284 g/mol. The van der Waals surface area contributed by atoms with Crippen LogP contribution in [0.25, 0.3) is 0 Å². The predicted octanol–water partition coefficient (Wildman–Crippen LogP) is 4.32. The molecule has 0 aliphatic rings. The second kappa shape index (κ2) is 7.02. The van der Waals surface area contributed by atoms with Gasteiger partial charge in [0, 0.05) is 25.8 Å². The van der Waals surface area contributed by atoms with Crippen LogP contribution in [0.4, 0.5) is 11.4 Å². The summed E-state index contributed by atoms with van der Waals surface area (Å²) in [5.74, 6) is 0.900. The van der Waals surface area contributed by atoms with E-state index in [4.69, 9.17) is 4.74 Å². The Hall–Kier alpha value is -2.16. The lowest BCUT2D eigenvalue weighted by Crippen LogP contribution is -2.10. The molecule has 1 N–H and O–H groups in total. The zero-order valence-corrected chi connectivity index (χ0v) is 13.3. The number of rotatable bonds is 6. The summed E-state index contributed by atoms with van der Waals surface area (Å²) in [6.45, 7) is 4.83. The van der Waals surface area contributed by atoms with Gasteiger partial charge in [-0.05, 0) is 43.7 Å². The molecule has 0 saturated heterocycles. The molecule has 112 valence electrons. The molecular formula is C18H24N2O. The Bertz CT molecular complexity index is 564. The largest absolute Gasteiger partial charge is 0.492 e. The molecule has 2 rings (SSSR count). The van der Waals surface area contributed by atoms with Gasteiger partial charge < -0.3 is 15.0 Å². The number of ether oxygens (including phenoxy) is 1. The highest BCUT2D eigenvalue weighted by atomic mass is 16.5. The van der Waals surface area contributed by atoms with E-state index >= 15 is 0 Å². The SMILES string of the molecule is CCOc1ccccc1NC(C)c1ccc(N(C)C)cc1. The number of para-hydroxylation sites is 2. The molecule has 0 aromatic heterocycles. The van der Waals surface area contributed by atoms with Gasteiger partial charge in [0.15, 0.2) is 0 Å². The number of nitrogens with zero attached hydrogens (tertiary/aromatic N) is 1. The molecule has 3 nitrogen and oxygen atoms in total. The molecule has 2 aromatic rings. The molecule has 0 aliphatic heterocycles. The third kappa shape index (κ3) is 3.91. The second-order valence-electron chi connectivity index (χ2n) is 5.28. The molecule has 2 aromatic carbocycles. The number of benzene rings is 2. The summed E-state index contributed by atoms with van der Waals surface area (Å²) in [7, 11) is 4.10. The summed E-state index contributed by atoms with van der Waals surface area (Å²) < 4.78 is 5.66. The van der Waals surface area contributed by atoms with Crippen LogP contribution >= 0.6 is 0 Å². The third-order valence-electron chi connectivity index (χ3n) is 3.47. The molecule has 0 bridgehead atoms. The number of hydrogen-bond donors (Lipinski definition) is 1. The van der Waals surface area contributed by atoms with Gasteiger partial charge in [-0.25, -0.2) is 0 Å². The van der Waals surface area contributed by atoms with E-state index in [0.717, 1.165) is 11.4 Å². The van der Waals surface area contributed by atoms with E-state index in [1.54, 1.807) is 0 Å². The summed E-state index contributed by atoms with van der Waals surface area (Å²) in [4.78, 5) is 2.10. The van der Waals surface area contributed by atoms with Gasteiger partial charge in [-0.1, -0.05) is 24.3 Å². The maximum atomic E-state index is 5.66. The van der Waals surface area contributed by atoms with Crippen molar-refractivity contribution in [3.05, 3.63) is 54.1 Å². The summed E-state index contributed by atoms with van der Waals surface area (Å²) >= 11 is 0. The molecule has 3 heteroatoms. The monoisotopic (exact) mass is 284 g/mol. The quantitative estimate of drug-likeness (QED) is 0.854. The van der Waals surface area contributed by atoms with Gasteiger partial charge in [-0.15, -0.1) is 0 Å². The fourth-order valence-electron chi connectivity index (χ4n) is 2.24. The first-order chi connectivity index (χ1) is 10.1. The Kier molecular flexibility index (Phi) is 5.09. The average Bonchev–Trinajstić information content (AvgIpc) is 2.49. The topological polar surface area (TPSA) is 24.5 Å². The highest BCUT2D eigenvalue weighted by Gasteiger charge is 2.09. The molecule has 0 fully saturated rings. The van der Waals surface area contributed by atoms with Gasteiger partial charge in [0.05, 0.1) is 12.3 Å². The highest BCUT2D eigenvalue weighted by molar-refractivity contribution is 5.57. The summed E-state index contributed by atoms with van der Waals surface area (Å²) in [5.41, 5.74) is 3.50. The Morgan fingerprint density at radius 3 is 2.33 bits per heavy atom. The minimum atomic E-state index is 0.225. The maximum Gasteiger partial charge on any atom is 0.142 e. The Morgan fingerprint density at radius 1 is 1.05 bits per heavy atom. The van der Waals surface area contributed by atoms with E-state index in [9.17, 15) is 0 Å². The molecule has 0 saturated carbocycles. The van der Waals surface area contributed by atoms with E-state index in [-0.39, 0.29) is 6.04 Å². The summed E-state index contributed by atoms with van der Waals surface area (Å²) in [6, 6.07) is 16.9. The second-order valence-corrected chi connectivity index (χ2v) is 5.28. The van der Waals surface area contributed by atoms with Crippen LogP contribution in [0.5, 0.6) is 5.75 Å². The minimum Gasteiger partial charge on any atom is -0.492 e. The first kappa shape index (κ1) is 15.2. The fourth-order valence-corrected chi connectivity index (χ4v) is 2.24. The van der Waals surface area contributed by atoms with Crippen molar-refractivity contribution >= 4 is 11.4 Å². The lowest BCUT2D eigenvalue weighted by Gasteiger charge is -2.19. The van der Waals surface area contributed by atoms with Crippen LogP contribution in [0.3, 0.4) is 0 Å². The predicted molar refractivity (Wildman–Crippen MR) is 90.4 cm³/mol. The van der Waals surface area contributed by atoms with E-state index in [0.29, 0.717) is 6.61 Å². The zero-order chi connectivity index (χ0) is 15.2. The first-order valence-electron chi connectivity index (χ1n) is 7.37. The first-order valence-corrected chi connectivity index (χ1v) is 7.37. The number of nitrogens with one attached hydrogen (secondary N) is 1. The fraction of sp³-hybridized carbons (Fsp3) is 0.333. The van der Waals surface area contributed by atoms with E-state index < -0.39 is 0 Å². The molecule has 0 aliphatic carbocycles. The van der Waals surface area contributed by atoms with Crippen molar-refractivity contribution in [2.24, 2.45) is 0 Å². The standard InChI is InChI=1S/C18H24N2O/c1-5-21-18-9-7-6-8-17(18)19-14(2)15-10-12-16(13-11-15)20(3)4/h6-14,19H,5H2,1-4H3. The van der Waals surface area contributed by atoms with Gasteiger partial charge in [-0.3, -0.25) is 0 Å². The van der Waals surface area contributed by atoms with Gasteiger partial charge in [-0.2, -0.15) is 0 Å². The Morgan fingerprint density at radius 2 is 1.71 bits per heavy atom. The molecule has 0 radical (unpaired) electrons. The van der Waals surface area contributed by atoms with Crippen LogP contribution in [0.15, 0.2) is 48.5 Å². The van der Waals surface area contributed by atoms with Gasteiger partial charge in [0.25, 0.3) is 0 Å². The van der Waals surface area contributed by atoms with Crippen LogP contribution in [0, 0.1) is 0 Å². The molecule has 0 spiro atoms.